The van der Waals surface area contributed by atoms with Crippen molar-refractivity contribution in [3.05, 3.63) is 212 Å². The highest BCUT2D eigenvalue weighted by Crippen LogP contribution is 2.43. The van der Waals surface area contributed by atoms with Crippen LogP contribution < -0.4 is 19.6 Å². The van der Waals surface area contributed by atoms with Gasteiger partial charge in [0, 0.05) is 21.8 Å². The maximum Gasteiger partial charge on any atom is 0.332 e. The molecule has 81 heavy (non-hydrogen) atoms. The summed E-state index contributed by atoms with van der Waals surface area (Å²) in [6.07, 6.45) is 0. The second kappa shape index (κ2) is 17.2. The lowest BCUT2D eigenvalue weighted by Crippen LogP contribution is -2.29. The first-order chi connectivity index (χ1) is 39.3. The van der Waals surface area contributed by atoms with Crippen molar-refractivity contribution < 1.29 is 47.2 Å². The summed E-state index contributed by atoms with van der Waals surface area (Å²) in [5.41, 5.74) is 4.54. The van der Waals surface area contributed by atoms with Crippen LogP contribution in [0, 0.1) is 0 Å². The van der Waals surface area contributed by atoms with E-state index >= 15 is 0 Å². The zero-order chi connectivity index (χ0) is 55.3. The summed E-state index contributed by atoms with van der Waals surface area (Å²) in [7, 11) is 0. The topological polar surface area (TPSA) is 243 Å². The molecule has 19 nitrogen and oxygen atoms in total. The van der Waals surface area contributed by atoms with Gasteiger partial charge in [-0.15, -0.1) is 10.2 Å². The molecular weight excluding hydrogens is 1080 g/mol. The van der Waals surface area contributed by atoms with Gasteiger partial charge >= 0.3 is 12.0 Å². The molecular formula is C60H27Cl2N9O10. The van der Waals surface area contributed by atoms with Gasteiger partial charge in [-0.3, -0.25) is 38.4 Å². The van der Waals surface area contributed by atoms with Crippen LogP contribution in [0.3, 0.4) is 0 Å². The Kier molecular flexibility index (Phi) is 10.0. The maximum absolute atomic E-state index is 14.6. The van der Waals surface area contributed by atoms with Gasteiger partial charge in [-0.2, -0.15) is 9.80 Å². The summed E-state index contributed by atoms with van der Waals surface area (Å²) < 4.78 is 11.5. The third-order valence-electron chi connectivity index (χ3n) is 14.7. The van der Waals surface area contributed by atoms with Gasteiger partial charge in [0.15, 0.2) is 0 Å². The average Bonchev–Trinajstić information content (AvgIpc) is 4.51. The predicted molar refractivity (Wildman–Crippen MR) is 294 cm³/mol. The minimum absolute atomic E-state index is 0.00386. The van der Waals surface area contributed by atoms with E-state index in [-0.39, 0.29) is 79.7 Å². The van der Waals surface area contributed by atoms with Crippen LogP contribution in [0.5, 0.6) is 0 Å². The van der Waals surface area contributed by atoms with Crippen LogP contribution in [0.1, 0.15) is 82.9 Å². The predicted octanol–water partition coefficient (Wildman–Crippen LogP) is 11.3. The number of hydrogen-bond donors (Lipinski definition) is 1. The number of anilines is 4. The van der Waals surface area contributed by atoms with Crippen molar-refractivity contribution in [2.24, 2.45) is 0 Å². The van der Waals surface area contributed by atoms with Gasteiger partial charge in [-0.25, -0.2) is 9.80 Å². The summed E-state index contributed by atoms with van der Waals surface area (Å²) in [4.78, 5) is 120. The van der Waals surface area contributed by atoms with Gasteiger partial charge in [0.1, 0.15) is 0 Å². The normalized spacial score (nSPS) is 14.6. The lowest BCUT2D eigenvalue weighted by Gasteiger charge is -2.15. The number of aromatic nitrogens is 5. The Morgan fingerprint density at radius 1 is 0.333 bits per heavy atom. The highest BCUT2D eigenvalue weighted by molar-refractivity contribution is 6.39. The molecule has 4 aliphatic rings. The third kappa shape index (κ3) is 6.82. The molecule has 4 aliphatic heterocycles. The van der Waals surface area contributed by atoms with E-state index in [2.05, 4.69) is 25.4 Å². The highest BCUT2D eigenvalue weighted by atomic mass is 35.5. The van der Waals surface area contributed by atoms with Crippen LogP contribution in [0.25, 0.3) is 67.0 Å². The van der Waals surface area contributed by atoms with Gasteiger partial charge in [-0.05, 0) is 119 Å². The van der Waals surface area contributed by atoms with Crippen molar-refractivity contribution in [2.45, 2.75) is 0 Å². The molecule has 11 aromatic rings. The van der Waals surface area contributed by atoms with Crippen LogP contribution >= 0.6 is 23.2 Å². The Labute approximate surface area is 463 Å². The molecule has 0 atom stereocenters. The number of amides is 8. The number of hydrogen-bond acceptors (Lipinski definition) is 14. The molecule has 386 valence electrons. The fourth-order valence-corrected chi connectivity index (χ4v) is 11.4. The van der Waals surface area contributed by atoms with Crippen LogP contribution in [0.2, 0.25) is 10.0 Å². The third-order valence-corrected chi connectivity index (χ3v) is 15.4. The molecule has 8 aromatic carbocycles. The molecule has 7 heterocycles. The SMILES string of the molecule is O=C1c2cccc(-c3ccc4c(c3)C(=O)N(c3nnc(-c5ccccc5Cl)o3)C4=O)c2C(=O)N1c1ccc2[nH]c3ccc(N4C(=O)c5cccc(-c6ccc7c(c6)C(=O)N(c6nnc(-c8ccccc8Cl)o6)C7=O)c5C4=O)cc3c2c1. The number of aromatic amines is 1. The number of halogens is 2. The van der Waals surface area contributed by atoms with Crippen LogP contribution in [-0.2, 0) is 0 Å². The maximum atomic E-state index is 14.6. The van der Waals surface area contributed by atoms with Gasteiger partial charge in [-0.1, -0.05) is 94.1 Å². The summed E-state index contributed by atoms with van der Waals surface area (Å²) in [6.45, 7) is 0. The Morgan fingerprint density at radius 3 is 1.15 bits per heavy atom. The number of rotatable bonds is 8. The van der Waals surface area contributed by atoms with Crippen molar-refractivity contribution in [2.75, 3.05) is 19.6 Å². The van der Waals surface area contributed by atoms with E-state index in [0.29, 0.717) is 65.2 Å². The van der Waals surface area contributed by atoms with Crippen molar-refractivity contribution >= 4 is 116 Å². The Morgan fingerprint density at radius 2 is 0.716 bits per heavy atom. The van der Waals surface area contributed by atoms with Crippen molar-refractivity contribution in [3.63, 3.8) is 0 Å². The first-order valence-electron chi connectivity index (χ1n) is 24.7. The number of nitrogens with one attached hydrogen (secondary N) is 1. The second-order valence-corrected chi connectivity index (χ2v) is 19.9. The average molecular weight is 1100 g/mol. The Balaban J connectivity index is 0.712. The lowest BCUT2D eigenvalue weighted by molar-refractivity contribution is 0.0902. The highest BCUT2D eigenvalue weighted by Gasteiger charge is 2.45. The summed E-state index contributed by atoms with van der Waals surface area (Å²) in [5.74, 6) is -5.34. The molecule has 0 saturated heterocycles. The zero-order valence-corrected chi connectivity index (χ0v) is 42.4. The number of H-pyrrole nitrogens is 1. The standard InChI is InChI=1S/C60H27Cl2N9O10/c61-43-13-3-1-7-35(43)49-64-66-59(80-49)70-51(72)33-19-15-27(23-41(33)55(70)76)31-9-5-11-37-47(31)57(78)68(53(37)74)29-17-21-45-39(25-29)40-26-30(18-22-46(40)63-45)69-54(75)38-12-6-10-32(48(38)58(69)79)28-16-20-34-42(24-28)56(77)71(52(34)73)60-67-65-50(81-60)36-8-2-4-14-44(36)62/h1-26,63H. The number of carbonyl (C=O) groups excluding carboxylic acids is 8. The molecule has 0 saturated carbocycles. The van der Waals surface area contributed by atoms with E-state index in [1.54, 1.807) is 121 Å². The Bertz CT molecular complexity index is 4510. The van der Waals surface area contributed by atoms with E-state index < -0.39 is 47.3 Å². The van der Waals surface area contributed by atoms with Gasteiger partial charge in [0.25, 0.3) is 59.0 Å². The largest absolute Gasteiger partial charge is 0.403 e. The number of benzene rings is 8. The first-order valence-corrected chi connectivity index (χ1v) is 25.4. The number of imide groups is 4. The molecule has 3 aromatic heterocycles. The molecule has 0 bridgehead atoms. The van der Waals surface area contributed by atoms with E-state index in [1.807, 2.05) is 0 Å². The molecule has 0 spiro atoms. The molecule has 15 rings (SSSR count). The van der Waals surface area contributed by atoms with E-state index in [9.17, 15) is 38.4 Å². The van der Waals surface area contributed by atoms with Crippen LogP contribution in [0.4, 0.5) is 23.4 Å². The monoisotopic (exact) mass is 1100 g/mol. The minimum atomic E-state index is -0.736. The minimum Gasteiger partial charge on any atom is -0.403 e. The van der Waals surface area contributed by atoms with Gasteiger partial charge < -0.3 is 13.8 Å². The fourth-order valence-electron chi connectivity index (χ4n) is 10.9. The van der Waals surface area contributed by atoms with E-state index in [1.165, 1.54) is 36.4 Å². The second-order valence-electron chi connectivity index (χ2n) is 19.1. The molecule has 0 aliphatic carbocycles. The fraction of sp³-hybridized carbons (Fsp3) is 0. The van der Waals surface area contributed by atoms with E-state index in [4.69, 9.17) is 32.0 Å². The lowest BCUT2D eigenvalue weighted by atomic mass is 9.94. The molecule has 21 heteroatoms. The smallest absolute Gasteiger partial charge is 0.332 e. The van der Waals surface area contributed by atoms with Gasteiger partial charge in [0.2, 0.25) is 0 Å². The number of fused-ring (bicyclic) bond motifs is 7. The van der Waals surface area contributed by atoms with Crippen molar-refractivity contribution in [1.29, 1.82) is 0 Å². The summed E-state index contributed by atoms with van der Waals surface area (Å²) >= 11 is 12.6. The summed E-state index contributed by atoms with van der Waals surface area (Å²) in [5, 5.41) is 17.7. The quantitative estimate of drug-likeness (QED) is 0.139. The Hall–Kier alpha value is -11.0. The zero-order valence-electron chi connectivity index (χ0n) is 40.9. The molecule has 8 amide bonds. The van der Waals surface area contributed by atoms with Crippen LogP contribution in [0.15, 0.2) is 167 Å². The molecule has 0 radical (unpaired) electrons. The summed E-state index contributed by atoms with van der Waals surface area (Å²) in [6, 6.07) is 41.4. The van der Waals surface area contributed by atoms with E-state index in [0.717, 1.165) is 19.6 Å². The number of nitrogens with zero attached hydrogens (tertiary/aromatic N) is 8. The molecule has 0 unspecified atom stereocenters. The first kappa shape index (κ1) is 47.2. The number of carbonyl (C=O) groups is 8. The molecule has 1 N–H and O–H groups in total. The van der Waals surface area contributed by atoms with Gasteiger partial charge in [0.05, 0.1) is 77.1 Å². The van der Waals surface area contributed by atoms with Crippen LogP contribution in [-0.4, -0.2) is 72.6 Å². The van der Waals surface area contributed by atoms with Crippen molar-refractivity contribution in [1.82, 2.24) is 25.4 Å². The van der Waals surface area contributed by atoms with Crippen molar-refractivity contribution in [3.8, 4) is 45.2 Å². The molecule has 0 fully saturated rings.